The third-order valence-corrected chi connectivity index (χ3v) is 3.00. The molecule has 0 unspecified atom stereocenters. The molecular formula is C14H16N2O5. The van der Waals surface area contributed by atoms with Crippen molar-refractivity contribution in [1.82, 2.24) is 5.32 Å². The van der Waals surface area contributed by atoms with Crippen molar-refractivity contribution in [1.29, 1.82) is 0 Å². The van der Waals surface area contributed by atoms with Gasteiger partial charge in [-0.1, -0.05) is 0 Å². The number of amides is 2. The van der Waals surface area contributed by atoms with E-state index in [2.05, 4.69) is 10.6 Å². The summed E-state index contributed by atoms with van der Waals surface area (Å²) in [6.45, 7) is -0.392. The molecule has 1 aliphatic rings. The van der Waals surface area contributed by atoms with Gasteiger partial charge in [-0.15, -0.1) is 0 Å². The fraction of sp³-hybridized carbons (Fsp3) is 0.357. The smallest absolute Gasteiger partial charge is 0.329 e. The van der Waals surface area contributed by atoms with E-state index >= 15 is 0 Å². The molecule has 1 saturated heterocycles. The number of benzene rings is 1. The summed E-state index contributed by atoms with van der Waals surface area (Å²) in [6, 6.07) is 6.11. The molecule has 0 bridgehead atoms. The molecule has 7 nitrogen and oxygen atoms in total. The Morgan fingerprint density at radius 2 is 2.05 bits per heavy atom. The van der Waals surface area contributed by atoms with Crippen LogP contribution in [0, 0.1) is 0 Å². The molecule has 2 rings (SSSR count). The quantitative estimate of drug-likeness (QED) is 0.769. The topological polar surface area (TPSA) is 93.7 Å². The zero-order valence-electron chi connectivity index (χ0n) is 11.5. The minimum atomic E-state index is -0.647. The molecule has 1 heterocycles. The first-order valence-corrected chi connectivity index (χ1v) is 6.48. The van der Waals surface area contributed by atoms with E-state index in [1.165, 1.54) is 0 Å². The van der Waals surface area contributed by atoms with Crippen LogP contribution in [0.25, 0.3) is 0 Å². The van der Waals surface area contributed by atoms with Gasteiger partial charge in [0.15, 0.2) is 6.61 Å². The fourth-order valence-electron chi connectivity index (χ4n) is 1.90. The van der Waals surface area contributed by atoms with Crippen LogP contribution in [0.15, 0.2) is 24.3 Å². The van der Waals surface area contributed by atoms with Gasteiger partial charge in [0.1, 0.15) is 11.8 Å². The van der Waals surface area contributed by atoms with Gasteiger partial charge in [-0.2, -0.15) is 0 Å². The van der Waals surface area contributed by atoms with Gasteiger partial charge in [-0.05, 0) is 30.7 Å². The highest BCUT2D eigenvalue weighted by Gasteiger charge is 2.28. The van der Waals surface area contributed by atoms with E-state index in [0.29, 0.717) is 24.3 Å². The first-order valence-electron chi connectivity index (χ1n) is 6.48. The number of methoxy groups -OCH3 is 1. The summed E-state index contributed by atoms with van der Waals surface area (Å²) >= 11 is 0. The van der Waals surface area contributed by atoms with Crippen LogP contribution in [0.2, 0.25) is 0 Å². The molecule has 1 atom stereocenters. The Hall–Kier alpha value is -2.57. The predicted octanol–water partition coefficient (Wildman–Crippen LogP) is 0.455. The number of hydrogen-bond acceptors (Lipinski definition) is 5. The molecule has 0 saturated carbocycles. The molecular weight excluding hydrogens is 276 g/mol. The van der Waals surface area contributed by atoms with Gasteiger partial charge in [0, 0.05) is 12.1 Å². The van der Waals surface area contributed by atoms with Gasteiger partial charge in [0.25, 0.3) is 5.91 Å². The van der Waals surface area contributed by atoms with E-state index in [1.807, 2.05) is 0 Å². The molecule has 0 radical (unpaired) electrons. The Balaban J connectivity index is 1.76. The molecule has 112 valence electrons. The van der Waals surface area contributed by atoms with Crippen LogP contribution in [0.4, 0.5) is 5.69 Å². The summed E-state index contributed by atoms with van der Waals surface area (Å²) in [4.78, 5) is 34.2. The highest BCUT2D eigenvalue weighted by Crippen LogP contribution is 2.15. The Morgan fingerprint density at radius 1 is 1.33 bits per heavy atom. The zero-order chi connectivity index (χ0) is 15.2. The number of nitrogens with one attached hydrogen (secondary N) is 2. The molecule has 21 heavy (non-hydrogen) atoms. The van der Waals surface area contributed by atoms with Crippen LogP contribution in [0.3, 0.4) is 0 Å². The lowest BCUT2D eigenvalue weighted by molar-refractivity contribution is -0.149. The minimum Gasteiger partial charge on any atom is -0.497 e. The lowest BCUT2D eigenvalue weighted by Gasteiger charge is -2.10. The van der Waals surface area contributed by atoms with Crippen LogP contribution in [0.1, 0.15) is 12.8 Å². The molecule has 0 aromatic heterocycles. The van der Waals surface area contributed by atoms with E-state index in [9.17, 15) is 14.4 Å². The third-order valence-electron chi connectivity index (χ3n) is 3.00. The van der Waals surface area contributed by atoms with Crippen molar-refractivity contribution in [2.45, 2.75) is 18.9 Å². The Labute approximate surface area is 121 Å². The van der Waals surface area contributed by atoms with Gasteiger partial charge in [-0.25, -0.2) is 4.79 Å². The highest BCUT2D eigenvalue weighted by molar-refractivity contribution is 5.94. The predicted molar refractivity (Wildman–Crippen MR) is 73.7 cm³/mol. The molecule has 1 fully saturated rings. The third kappa shape index (κ3) is 4.20. The summed E-state index contributed by atoms with van der Waals surface area (Å²) in [7, 11) is 1.55. The first kappa shape index (κ1) is 14.8. The molecule has 0 aliphatic carbocycles. The number of rotatable bonds is 5. The van der Waals surface area contributed by atoms with Crippen LogP contribution >= 0.6 is 0 Å². The van der Waals surface area contributed by atoms with E-state index < -0.39 is 24.5 Å². The summed E-state index contributed by atoms with van der Waals surface area (Å²) in [6.07, 6.45) is 0.704. The van der Waals surface area contributed by atoms with Gasteiger partial charge < -0.3 is 20.1 Å². The molecule has 7 heteroatoms. The normalized spacial score (nSPS) is 17.0. The molecule has 1 aromatic carbocycles. The second-order valence-corrected chi connectivity index (χ2v) is 4.54. The van der Waals surface area contributed by atoms with E-state index in [0.717, 1.165) is 0 Å². The average molecular weight is 292 g/mol. The number of carbonyl (C=O) groups excluding carboxylic acids is 3. The largest absolute Gasteiger partial charge is 0.497 e. The lowest BCUT2D eigenvalue weighted by Crippen LogP contribution is -2.36. The summed E-state index contributed by atoms with van der Waals surface area (Å²) in [5.74, 6) is -0.542. The van der Waals surface area contributed by atoms with E-state index in [-0.39, 0.29) is 5.91 Å². The highest BCUT2D eigenvalue weighted by atomic mass is 16.5. The fourth-order valence-corrected chi connectivity index (χ4v) is 1.90. The maximum absolute atomic E-state index is 11.6. The van der Waals surface area contributed by atoms with Crippen molar-refractivity contribution in [3.05, 3.63) is 24.3 Å². The van der Waals surface area contributed by atoms with Gasteiger partial charge in [-0.3, -0.25) is 9.59 Å². The Morgan fingerprint density at radius 3 is 2.62 bits per heavy atom. The van der Waals surface area contributed by atoms with E-state index in [1.54, 1.807) is 31.4 Å². The van der Waals surface area contributed by atoms with Crippen LogP contribution in [-0.4, -0.2) is 37.5 Å². The second-order valence-electron chi connectivity index (χ2n) is 4.54. The Bertz CT molecular complexity index is 541. The van der Waals surface area contributed by atoms with Gasteiger partial charge >= 0.3 is 5.97 Å². The molecule has 1 aromatic rings. The molecule has 2 amide bonds. The second kappa shape index (κ2) is 6.74. The van der Waals surface area contributed by atoms with Crippen LogP contribution < -0.4 is 15.4 Å². The number of carbonyl (C=O) groups is 3. The van der Waals surface area contributed by atoms with Crippen molar-refractivity contribution in [3.63, 3.8) is 0 Å². The first-order chi connectivity index (χ1) is 10.1. The van der Waals surface area contributed by atoms with Crippen molar-refractivity contribution in [3.8, 4) is 5.75 Å². The van der Waals surface area contributed by atoms with Gasteiger partial charge in [0.05, 0.1) is 7.11 Å². The number of esters is 1. The molecule has 2 N–H and O–H groups in total. The zero-order valence-corrected chi connectivity index (χ0v) is 11.5. The Kier molecular flexibility index (Phi) is 4.76. The number of ether oxygens (including phenoxy) is 2. The SMILES string of the molecule is COc1ccc(NC(=O)COC(=O)[C@H]2CCC(=O)N2)cc1. The van der Waals surface area contributed by atoms with Crippen LogP contribution in [-0.2, 0) is 19.1 Å². The maximum atomic E-state index is 11.6. The average Bonchev–Trinajstić information content (AvgIpc) is 2.92. The number of hydrogen-bond donors (Lipinski definition) is 2. The van der Waals surface area contributed by atoms with Crippen molar-refractivity contribution in [2.24, 2.45) is 0 Å². The summed E-state index contributed by atoms with van der Waals surface area (Å²) in [5.41, 5.74) is 0.575. The molecule has 0 spiro atoms. The molecule has 1 aliphatic heterocycles. The van der Waals surface area contributed by atoms with Crippen molar-refractivity contribution < 1.29 is 23.9 Å². The minimum absolute atomic E-state index is 0.181. The lowest BCUT2D eigenvalue weighted by atomic mass is 10.2. The van der Waals surface area contributed by atoms with Crippen molar-refractivity contribution in [2.75, 3.05) is 19.0 Å². The van der Waals surface area contributed by atoms with E-state index in [4.69, 9.17) is 9.47 Å². The van der Waals surface area contributed by atoms with Gasteiger partial charge in [0.2, 0.25) is 5.91 Å². The summed E-state index contributed by atoms with van der Waals surface area (Å²) < 4.78 is 9.87. The standard InChI is InChI=1S/C14H16N2O5/c1-20-10-4-2-9(3-5-10)15-13(18)8-21-14(19)11-6-7-12(17)16-11/h2-5,11H,6-8H2,1H3,(H,15,18)(H,16,17)/t11-/m1/s1. The summed E-state index contributed by atoms with van der Waals surface area (Å²) in [5, 5.41) is 5.07. The van der Waals surface area contributed by atoms with Crippen LogP contribution in [0.5, 0.6) is 5.75 Å². The maximum Gasteiger partial charge on any atom is 0.329 e. The number of anilines is 1. The monoisotopic (exact) mass is 292 g/mol. The van der Waals surface area contributed by atoms with Crippen molar-refractivity contribution >= 4 is 23.5 Å².